The highest BCUT2D eigenvalue weighted by molar-refractivity contribution is 5.78. The predicted molar refractivity (Wildman–Crippen MR) is 81.4 cm³/mol. The lowest BCUT2D eigenvalue weighted by atomic mass is 9.96. The summed E-state index contributed by atoms with van der Waals surface area (Å²) in [6.07, 6.45) is 2.12. The molecule has 0 bridgehead atoms. The molecule has 1 aromatic rings. The number of nitrogens with one attached hydrogen (secondary N) is 2. The number of hydrogen-bond donors (Lipinski definition) is 2. The van der Waals surface area contributed by atoms with Gasteiger partial charge in [-0.1, -0.05) is 30.3 Å². The average Bonchev–Trinajstić information content (AvgIpc) is 2.49. The molecule has 1 aromatic carbocycles. The maximum atomic E-state index is 12.1. The number of likely N-dealkylation sites (N-methyl/N-ethyl adjacent to an activating group) is 1. The number of piperidine rings is 1. The SMILES string of the molecule is CNCCNC(=O)C1CCCN(Cc2ccccc2)C1. The van der Waals surface area contributed by atoms with Crippen LogP contribution in [-0.2, 0) is 11.3 Å². The molecule has 0 aliphatic carbocycles. The lowest BCUT2D eigenvalue weighted by molar-refractivity contribution is -0.126. The van der Waals surface area contributed by atoms with Crippen LogP contribution in [0.1, 0.15) is 18.4 Å². The number of carbonyl (C=O) groups is 1. The molecule has 1 fully saturated rings. The molecule has 1 unspecified atom stereocenters. The van der Waals surface area contributed by atoms with Crippen LogP contribution in [0.4, 0.5) is 0 Å². The van der Waals surface area contributed by atoms with Crippen molar-refractivity contribution in [2.45, 2.75) is 19.4 Å². The van der Waals surface area contributed by atoms with Crippen LogP contribution in [0, 0.1) is 5.92 Å². The summed E-state index contributed by atoms with van der Waals surface area (Å²) in [5, 5.41) is 6.05. The van der Waals surface area contributed by atoms with Crippen LogP contribution in [0.15, 0.2) is 30.3 Å². The third-order valence-electron chi connectivity index (χ3n) is 3.80. The van der Waals surface area contributed by atoms with Gasteiger partial charge in [-0.2, -0.15) is 0 Å². The van der Waals surface area contributed by atoms with Gasteiger partial charge in [0.2, 0.25) is 5.91 Å². The van der Waals surface area contributed by atoms with Crippen molar-refractivity contribution in [1.29, 1.82) is 0 Å². The van der Waals surface area contributed by atoms with Gasteiger partial charge in [-0.3, -0.25) is 9.69 Å². The first kappa shape index (κ1) is 15.0. The molecule has 1 aliphatic heterocycles. The van der Waals surface area contributed by atoms with Crippen molar-refractivity contribution in [3.8, 4) is 0 Å². The van der Waals surface area contributed by atoms with Gasteiger partial charge in [0.15, 0.2) is 0 Å². The number of amides is 1. The molecule has 1 heterocycles. The molecule has 4 nitrogen and oxygen atoms in total. The van der Waals surface area contributed by atoms with Crippen molar-refractivity contribution in [1.82, 2.24) is 15.5 Å². The molecule has 0 radical (unpaired) electrons. The maximum Gasteiger partial charge on any atom is 0.224 e. The molecule has 0 spiro atoms. The van der Waals surface area contributed by atoms with Gasteiger partial charge < -0.3 is 10.6 Å². The minimum atomic E-state index is 0.143. The van der Waals surface area contributed by atoms with Crippen molar-refractivity contribution in [3.63, 3.8) is 0 Å². The summed E-state index contributed by atoms with van der Waals surface area (Å²) in [4.78, 5) is 14.5. The number of likely N-dealkylation sites (tertiary alicyclic amines) is 1. The third-order valence-corrected chi connectivity index (χ3v) is 3.80. The first-order chi connectivity index (χ1) is 9.79. The second-order valence-corrected chi connectivity index (χ2v) is 5.45. The second-order valence-electron chi connectivity index (χ2n) is 5.45. The van der Waals surface area contributed by atoms with Crippen molar-refractivity contribution in [2.75, 3.05) is 33.2 Å². The number of benzene rings is 1. The summed E-state index contributed by atoms with van der Waals surface area (Å²) in [5.41, 5.74) is 1.32. The highest BCUT2D eigenvalue weighted by Crippen LogP contribution is 2.18. The van der Waals surface area contributed by atoms with E-state index in [9.17, 15) is 4.79 Å². The Morgan fingerprint density at radius 3 is 2.85 bits per heavy atom. The number of hydrogen-bond acceptors (Lipinski definition) is 3. The predicted octanol–water partition coefficient (Wildman–Crippen LogP) is 1.23. The molecule has 1 saturated heterocycles. The summed E-state index contributed by atoms with van der Waals surface area (Å²) in [6.45, 7) is 4.45. The monoisotopic (exact) mass is 275 g/mol. The first-order valence-corrected chi connectivity index (χ1v) is 7.48. The van der Waals surface area contributed by atoms with Crippen LogP contribution in [0.5, 0.6) is 0 Å². The first-order valence-electron chi connectivity index (χ1n) is 7.48. The molecule has 1 atom stereocenters. The zero-order chi connectivity index (χ0) is 14.2. The molecular weight excluding hydrogens is 250 g/mol. The van der Waals surface area contributed by atoms with E-state index in [0.29, 0.717) is 6.54 Å². The van der Waals surface area contributed by atoms with Gasteiger partial charge in [-0.15, -0.1) is 0 Å². The van der Waals surface area contributed by atoms with E-state index in [4.69, 9.17) is 0 Å². The van der Waals surface area contributed by atoms with Crippen molar-refractivity contribution in [3.05, 3.63) is 35.9 Å². The standard InChI is InChI=1S/C16H25N3O/c1-17-9-10-18-16(20)15-8-5-11-19(13-15)12-14-6-3-2-4-7-14/h2-4,6-7,15,17H,5,8-13H2,1H3,(H,18,20). The Morgan fingerprint density at radius 2 is 2.10 bits per heavy atom. The molecular formula is C16H25N3O. The van der Waals surface area contributed by atoms with E-state index < -0.39 is 0 Å². The van der Waals surface area contributed by atoms with Crippen LogP contribution in [0.3, 0.4) is 0 Å². The van der Waals surface area contributed by atoms with E-state index in [-0.39, 0.29) is 11.8 Å². The summed E-state index contributed by atoms with van der Waals surface area (Å²) in [7, 11) is 1.90. The van der Waals surface area contributed by atoms with E-state index in [2.05, 4.69) is 39.8 Å². The van der Waals surface area contributed by atoms with Gasteiger partial charge in [0.25, 0.3) is 0 Å². The zero-order valence-electron chi connectivity index (χ0n) is 12.3. The summed E-state index contributed by atoms with van der Waals surface area (Å²) in [5.74, 6) is 0.349. The van der Waals surface area contributed by atoms with Gasteiger partial charge in [0.05, 0.1) is 5.92 Å². The number of rotatable bonds is 6. The highest BCUT2D eigenvalue weighted by Gasteiger charge is 2.25. The van der Waals surface area contributed by atoms with Crippen molar-refractivity contribution < 1.29 is 4.79 Å². The Bertz CT molecular complexity index is 407. The maximum absolute atomic E-state index is 12.1. The molecule has 1 aliphatic rings. The fourth-order valence-corrected chi connectivity index (χ4v) is 2.71. The third kappa shape index (κ3) is 4.62. The smallest absolute Gasteiger partial charge is 0.224 e. The molecule has 2 rings (SSSR count). The Balaban J connectivity index is 1.80. The van der Waals surface area contributed by atoms with E-state index >= 15 is 0 Å². The summed E-state index contributed by atoms with van der Waals surface area (Å²) >= 11 is 0. The number of carbonyl (C=O) groups excluding carboxylic acids is 1. The summed E-state index contributed by atoms with van der Waals surface area (Å²) < 4.78 is 0. The minimum Gasteiger partial charge on any atom is -0.355 e. The second kappa shape index (κ2) is 8.02. The van der Waals surface area contributed by atoms with E-state index in [1.165, 1.54) is 5.56 Å². The van der Waals surface area contributed by atoms with Gasteiger partial charge in [-0.05, 0) is 32.0 Å². The quantitative estimate of drug-likeness (QED) is 0.768. The molecule has 0 saturated carbocycles. The largest absolute Gasteiger partial charge is 0.355 e. The van der Waals surface area contributed by atoms with E-state index in [1.807, 2.05) is 13.1 Å². The van der Waals surface area contributed by atoms with Crippen molar-refractivity contribution in [2.24, 2.45) is 5.92 Å². The Labute approximate surface area is 121 Å². The van der Waals surface area contributed by atoms with Gasteiger partial charge >= 0.3 is 0 Å². The highest BCUT2D eigenvalue weighted by atomic mass is 16.1. The van der Waals surface area contributed by atoms with Crippen molar-refractivity contribution >= 4 is 5.91 Å². The van der Waals surface area contributed by atoms with Crippen LogP contribution in [0.2, 0.25) is 0 Å². The van der Waals surface area contributed by atoms with Crippen LogP contribution in [0.25, 0.3) is 0 Å². The van der Waals surface area contributed by atoms with E-state index in [1.54, 1.807) is 0 Å². The van der Waals surface area contributed by atoms with Crippen LogP contribution >= 0.6 is 0 Å². The lowest BCUT2D eigenvalue weighted by Crippen LogP contribution is -2.43. The Kier molecular flexibility index (Phi) is 6.02. The fraction of sp³-hybridized carbons (Fsp3) is 0.562. The molecule has 110 valence electrons. The molecule has 20 heavy (non-hydrogen) atoms. The van der Waals surface area contributed by atoms with Gasteiger partial charge in [-0.25, -0.2) is 0 Å². The van der Waals surface area contributed by atoms with Crippen LogP contribution < -0.4 is 10.6 Å². The molecule has 1 amide bonds. The van der Waals surface area contributed by atoms with Gasteiger partial charge in [0.1, 0.15) is 0 Å². The minimum absolute atomic E-state index is 0.143. The summed E-state index contributed by atoms with van der Waals surface area (Å²) in [6, 6.07) is 10.5. The van der Waals surface area contributed by atoms with E-state index in [0.717, 1.165) is 39.0 Å². The molecule has 4 heteroatoms. The Morgan fingerprint density at radius 1 is 1.30 bits per heavy atom. The molecule has 0 aromatic heterocycles. The Hall–Kier alpha value is -1.39. The van der Waals surface area contributed by atoms with Crippen LogP contribution in [-0.4, -0.2) is 44.0 Å². The fourth-order valence-electron chi connectivity index (χ4n) is 2.71. The normalized spacial score (nSPS) is 19.8. The number of nitrogens with zero attached hydrogens (tertiary/aromatic N) is 1. The molecule has 2 N–H and O–H groups in total. The topological polar surface area (TPSA) is 44.4 Å². The van der Waals surface area contributed by atoms with Gasteiger partial charge in [0, 0.05) is 26.2 Å². The lowest BCUT2D eigenvalue weighted by Gasteiger charge is -2.32. The zero-order valence-corrected chi connectivity index (χ0v) is 12.3. The average molecular weight is 275 g/mol.